The van der Waals surface area contributed by atoms with Crippen LogP contribution in [0, 0.1) is 5.92 Å². The normalized spacial score (nSPS) is 12.7. The van der Waals surface area contributed by atoms with Crippen molar-refractivity contribution in [3.05, 3.63) is 91.0 Å². The van der Waals surface area contributed by atoms with Crippen molar-refractivity contribution in [2.24, 2.45) is 5.92 Å². The number of anilines is 1. The molecule has 3 aromatic rings. The molecule has 3 nitrogen and oxygen atoms in total. The van der Waals surface area contributed by atoms with Crippen molar-refractivity contribution in [1.82, 2.24) is 5.09 Å². The van der Waals surface area contributed by atoms with Gasteiger partial charge in [-0.3, -0.25) is 9.65 Å². The fourth-order valence-corrected chi connectivity index (χ4v) is 5.66. The third-order valence-corrected chi connectivity index (χ3v) is 7.44. The minimum absolute atomic E-state index is 0.0523. The molecular formula is C23H27N2OP. The Bertz CT molecular complexity index is 823. The fraction of sp³-hybridized carbons (Fsp3) is 0.217. The molecule has 140 valence electrons. The zero-order chi connectivity index (χ0) is 19.1. The molecule has 1 unspecified atom stereocenters. The van der Waals surface area contributed by atoms with Gasteiger partial charge in [0.15, 0.2) is 0 Å². The van der Waals surface area contributed by atoms with Crippen LogP contribution in [0.4, 0.5) is 5.69 Å². The van der Waals surface area contributed by atoms with Crippen LogP contribution in [0.1, 0.15) is 13.8 Å². The topological polar surface area (TPSA) is 41.1 Å². The number of hydrogen-bond donors (Lipinski definition) is 2. The maximum Gasteiger partial charge on any atom is 0.204 e. The molecule has 2 N–H and O–H groups in total. The molecule has 0 saturated carbocycles. The van der Waals surface area contributed by atoms with Crippen molar-refractivity contribution < 1.29 is 4.57 Å². The molecule has 0 aromatic heterocycles. The molecule has 0 aliphatic heterocycles. The van der Waals surface area contributed by atoms with E-state index in [2.05, 4.69) is 24.3 Å². The van der Waals surface area contributed by atoms with E-state index in [-0.39, 0.29) is 6.04 Å². The lowest BCUT2D eigenvalue weighted by Crippen LogP contribution is -2.42. The molecule has 0 saturated heterocycles. The SMILES string of the molecule is CC(C)C(CNc1ccccc1)NP(=O)(c1ccccc1)c1ccccc1. The molecule has 27 heavy (non-hydrogen) atoms. The second-order valence-electron chi connectivity index (χ2n) is 7.01. The summed E-state index contributed by atoms with van der Waals surface area (Å²) in [6, 6.07) is 29.6. The molecule has 4 heteroatoms. The van der Waals surface area contributed by atoms with E-state index < -0.39 is 7.29 Å². The molecule has 0 aliphatic rings. The first-order valence-electron chi connectivity index (χ1n) is 9.37. The Labute approximate surface area is 162 Å². The number of benzene rings is 3. The first-order valence-corrected chi connectivity index (χ1v) is 11.1. The minimum Gasteiger partial charge on any atom is -0.383 e. The second kappa shape index (κ2) is 9.03. The number of rotatable bonds is 8. The van der Waals surface area contributed by atoms with Gasteiger partial charge < -0.3 is 5.32 Å². The van der Waals surface area contributed by atoms with Gasteiger partial charge in [0.2, 0.25) is 7.29 Å². The number of para-hydroxylation sites is 1. The summed E-state index contributed by atoms with van der Waals surface area (Å²) in [4.78, 5) is 0. The van der Waals surface area contributed by atoms with Crippen molar-refractivity contribution in [1.29, 1.82) is 0 Å². The highest BCUT2D eigenvalue weighted by molar-refractivity contribution is 7.76. The highest BCUT2D eigenvalue weighted by Crippen LogP contribution is 2.40. The van der Waals surface area contributed by atoms with Gasteiger partial charge in [0, 0.05) is 28.9 Å². The van der Waals surface area contributed by atoms with E-state index in [0.29, 0.717) is 12.5 Å². The molecule has 0 radical (unpaired) electrons. The molecule has 3 rings (SSSR count). The van der Waals surface area contributed by atoms with Gasteiger partial charge in [-0.2, -0.15) is 0 Å². The summed E-state index contributed by atoms with van der Waals surface area (Å²) in [5, 5.41) is 8.66. The third kappa shape index (κ3) is 4.88. The van der Waals surface area contributed by atoms with Gasteiger partial charge in [0.25, 0.3) is 0 Å². The summed E-state index contributed by atoms with van der Waals surface area (Å²) >= 11 is 0. The van der Waals surface area contributed by atoms with Crippen LogP contribution in [-0.4, -0.2) is 12.6 Å². The monoisotopic (exact) mass is 378 g/mol. The minimum atomic E-state index is -2.95. The molecule has 0 fully saturated rings. The van der Waals surface area contributed by atoms with E-state index in [9.17, 15) is 4.57 Å². The van der Waals surface area contributed by atoms with Crippen molar-refractivity contribution in [3.8, 4) is 0 Å². The Kier molecular flexibility index (Phi) is 6.49. The quantitative estimate of drug-likeness (QED) is 0.561. The van der Waals surface area contributed by atoms with Crippen LogP contribution in [0.2, 0.25) is 0 Å². The Morgan fingerprint density at radius 2 is 1.19 bits per heavy atom. The average molecular weight is 378 g/mol. The summed E-state index contributed by atoms with van der Waals surface area (Å²) in [5.41, 5.74) is 1.07. The van der Waals surface area contributed by atoms with Crippen molar-refractivity contribution in [3.63, 3.8) is 0 Å². The van der Waals surface area contributed by atoms with Crippen LogP contribution in [-0.2, 0) is 4.57 Å². The van der Waals surface area contributed by atoms with E-state index in [1.54, 1.807) is 0 Å². The second-order valence-corrected chi connectivity index (χ2v) is 9.52. The van der Waals surface area contributed by atoms with Gasteiger partial charge in [0.05, 0.1) is 0 Å². The van der Waals surface area contributed by atoms with Gasteiger partial charge in [-0.05, 0) is 42.3 Å². The van der Waals surface area contributed by atoms with Gasteiger partial charge in [-0.15, -0.1) is 0 Å². The Balaban J connectivity index is 1.88. The predicted octanol–water partition coefficient (Wildman–Crippen LogP) is 4.64. The van der Waals surface area contributed by atoms with Gasteiger partial charge in [0.1, 0.15) is 0 Å². The lowest BCUT2D eigenvalue weighted by Gasteiger charge is -2.30. The molecule has 0 spiro atoms. The van der Waals surface area contributed by atoms with Crippen LogP contribution in [0.15, 0.2) is 91.0 Å². The molecule has 1 atom stereocenters. The predicted molar refractivity (Wildman–Crippen MR) is 116 cm³/mol. The summed E-state index contributed by atoms with van der Waals surface area (Å²) in [5.74, 6) is 0.321. The largest absolute Gasteiger partial charge is 0.383 e. The van der Waals surface area contributed by atoms with Gasteiger partial charge in [-0.25, -0.2) is 0 Å². The van der Waals surface area contributed by atoms with E-state index in [4.69, 9.17) is 0 Å². The highest BCUT2D eigenvalue weighted by atomic mass is 31.2. The molecule has 0 bridgehead atoms. The lowest BCUT2D eigenvalue weighted by molar-refractivity contribution is 0.468. The molecule has 0 heterocycles. The van der Waals surface area contributed by atoms with Crippen LogP contribution < -0.4 is 21.0 Å². The van der Waals surface area contributed by atoms with Crippen LogP contribution >= 0.6 is 7.29 Å². The average Bonchev–Trinajstić information content (AvgIpc) is 2.73. The molecule has 0 aliphatic carbocycles. The lowest BCUT2D eigenvalue weighted by atomic mass is 10.1. The molecular weight excluding hydrogens is 351 g/mol. The number of nitrogens with one attached hydrogen (secondary N) is 2. The van der Waals surface area contributed by atoms with Crippen LogP contribution in [0.5, 0.6) is 0 Å². The molecule has 0 amide bonds. The summed E-state index contributed by atoms with van der Waals surface area (Å²) in [6.07, 6.45) is 0. The van der Waals surface area contributed by atoms with Crippen molar-refractivity contribution >= 4 is 23.6 Å². The van der Waals surface area contributed by atoms with Gasteiger partial charge in [-0.1, -0.05) is 68.4 Å². The molecule has 3 aromatic carbocycles. The smallest absolute Gasteiger partial charge is 0.204 e. The number of hydrogen-bond acceptors (Lipinski definition) is 2. The maximum absolute atomic E-state index is 14.2. The summed E-state index contributed by atoms with van der Waals surface area (Å²) in [7, 11) is -2.95. The standard InChI is InChI=1S/C23H27N2OP/c1-19(2)23(18-24-20-12-6-3-7-13-20)25-27(26,21-14-8-4-9-15-21)22-16-10-5-11-17-22/h3-17,19,23-24H,18H2,1-2H3,(H,25,26). The summed E-state index contributed by atoms with van der Waals surface area (Å²) < 4.78 is 14.2. The highest BCUT2D eigenvalue weighted by Gasteiger charge is 2.31. The Hall–Kier alpha value is -2.35. The van der Waals surface area contributed by atoms with E-state index >= 15 is 0 Å². The van der Waals surface area contributed by atoms with Crippen LogP contribution in [0.3, 0.4) is 0 Å². The van der Waals surface area contributed by atoms with Crippen molar-refractivity contribution in [2.75, 3.05) is 11.9 Å². The Morgan fingerprint density at radius 3 is 1.63 bits per heavy atom. The Morgan fingerprint density at radius 1 is 0.741 bits per heavy atom. The zero-order valence-electron chi connectivity index (χ0n) is 15.9. The van der Waals surface area contributed by atoms with E-state index in [1.807, 2.05) is 91.0 Å². The fourth-order valence-electron chi connectivity index (χ4n) is 3.02. The van der Waals surface area contributed by atoms with Gasteiger partial charge >= 0.3 is 0 Å². The van der Waals surface area contributed by atoms with Crippen LogP contribution in [0.25, 0.3) is 0 Å². The van der Waals surface area contributed by atoms with E-state index in [0.717, 1.165) is 16.3 Å². The summed E-state index contributed by atoms with van der Waals surface area (Å²) in [6.45, 7) is 5.01. The van der Waals surface area contributed by atoms with Crippen molar-refractivity contribution in [2.45, 2.75) is 19.9 Å². The zero-order valence-corrected chi connectivity index (χ0v) is 16.8. The third-order valence-electron chi connectivity index (χ3n) is 4.69. The van der Waals surface area contributed by atoms with E-state index in [1.165, 1.54) is 0 Å². The first kappa shape index (κ1) is 19.4. The first-order chi connectivity index (χ1) is 13.1. The maximum atomic E-state index is 14.2.